The Morgan fingerprint density at radius 2 is 1.60 bits per heavy atom. The van der Waals surface area contributed by atoms with Gasteiger partial charge in [0.2, 0.25) is 5.75 Å². The lowest BCUT2D eigenvalue weighted by molar-refractivity contribution is -0.137. The zero-order valence-corrected chi connectivity index (χ0v) is 17.0. The van der Waals surface area contributed by atoms with E-state index < -0.39 is 11.7 Å². The van der Waals surface area contributed by atoms with Gasteiger partial charge in [0, 0.05) is 24.9 Å². The van der Waals surface area contributed by atoms with Gasteiger partial charge in [0.05, 0.1) is 51.5 Å². The minimum Gasteiger partial charge on any atom is -0.493 e. The molecule has 1 fully saturated rings. The van der Waals surface area contributed by atoms with Gasteiger partial charge in [-0.05, 0) is 30.3 Å². The highest BCUT2D eigenvalue weighted by molar-refractivity contribution is 5.86. The molecule has 0 unspecified atom stereocenters. The number of ether oxygens (including phenoxy) is 4. The summed E-state index contributed by atoms with van der Waals surface area (Å²) >= 11 is 0. The molecule has 9 heteroatoms. The van der Waals surface area contributed by atoms with E-state index in [2.05, 4.69) is 4.99 Å². The number of aliphatic imine (C=N–C) groups is 1. The van der Waals surface area contributed by atoms with Crippen LogP contribution >= 0.6 is 0 Å². The lowest BCUT2D eigenvalue weighted by atomic mass is 10.1. The maximum atomic E-state index is 13.3. The van der Waals surface area contributed by atoms with Gasteiger partial charge in [0.1, 0.15) is 0 Å². The number of alkyl halides is 3. The predicted octanol–water partition coefficient (Wildman–Crippen LogP) is 4.32. The van der Waals surface area contributed by atoms with Gasteiger partial charge >= 0.3 is 6.18 Å². The minimum atomic E-state index is -4.46. The Kier molecular flexibility index (Phi) is 6.71. The predicted molar refractivity (Wildman–Crippen MR) is 108 cm³/mol. The average Bonchev–Trinajstić information content (AvgIpc) is 2.76. The Balaban J connectivity index is 2.02. The van der Waals surface area contributed by atoms with Crippen LogP contribution in [0.5, 0.6) is 17.2 Å². The molecule has 30 heavy (non-hydrogen) atoms. The summed E-state index contributed by atoms with van der Waals surface area (Å²) in [4.78, 5) is 6.34. The van der Waals surface area contributed by atoms with Crippen molar-refractivity contribution in [3.05, 3.63) is 41.5 Å². The molecule has 162 valence electrons. The summed E-state index contributed by atoms with van der Waals surface area (Å²) in [5, 5.41) is 0. The number of hydrogen-bond acceptors (Lipinski definition) is 6. The first-order valence-electron chi connectivity index (χ1n) is 9.25. The monoisotopic (exact) mass is 424 g/mol. The fourth-order valence-electron chi connectivity index (χ4n) is 3.19. The third-order valence-corrected chi connectivity index (χ3v) is 4.69. The second-order valence-corrected chi connectivity index (χ2v) is 6.52. The van der Waals surface area contributed by atoms with Gasteiger partial charge in [-0.3, -0.25) is 4.99 Å². The zero-order valence-electron chi connectivity index (χ0n) is 17.0. The van der Waals surface area contributed by atoms with Crippen LogP contribution in [-0.4, -0.2) is 53.8 Å². The Bertz CT molecular complexity index is 885. The number of benzene rings is 2. The van der Waals surface area contributed by atoms with Gasteiger partial charge in [-0.1, -0.05) is 0 Å². The van der Waals surface area contributed by atoms with Crippen molar-refractivity contribution in [3.63, 3.8) is 0 Å². The van der Waals surface area contributed by atoms with Crippen LogP contribution in [0, 0.1) is 0 Å². The molecule has 0 atom stereocenters. The number of nitrogens with zero attached hydrogens (tertiary/aromatic N) is 2. The largest absolute Gasteiger partial charge is 0.493 e. The van der Waals surface area contributed by atoms with Crippen LogP contribution < -0.4 is 19.1 Å². The summed E-state index contributed by atoms with van der Waals surface area (Å²) in [5.74, 6) is 1.27. The highest BCUT2D eigenvalue weighted by Crippen LogP contribution is 2.39. The molecule has 0 spiro atoms. The van der Waals surface area contributed by atoms with Crippen molar-refractivity contribution in [3.8, 4) is 17.2 Å². The summed E-state index contributed by atoms with van der Waals surface area (Å²) in [6.07, 6.45) is -2.98. The molecular weight excluding hydrogens is 401 g/mol. The summed E-state index contributed by atoms with van der Waals surface area (Å²) in [6.45, 7) is 2.18. The van der Waals surface area contributed by atoms with Crippen molar-refractivity contribution >= 4 is 17.6 Å². The molecule has 0 N–H and O–H groups in total. The van der Waals surface area contributed by atoms with E-state index in [9.17, 15) is 13.2 Å². The van der Waals surface area contributed by atoms with Gasteiger partial charge in [-0.15, -0.1) is 0 Å². The molecule has 2 aromatic carbocycles. The van der Waals surface area contributed by atoms with E-state index in [1.807, 2.05) is 4.90 Å². The highest BCUT2D eigenvalue weighted by Gasteiger charge is 2.31. The SMILES string of the molecule is COc1cc(C=Nc2cc(C(F)(F)F)ccc2N2CCOCC2)cc(OC)c1OC. The van der Waals surface area contributed by atoms with Crippen LogP contribution in [0.15, 0.2) is 35.3 Å². The molecule has 2 aromatic rings. The molecule has 1 heterocycles. The first-order chi connectivity index (χ1) is 14.4. The second-order valence-electron chi connectivity index (χ2n) is 6.52. The summed E-state index contributed by atoms with van der Waals surface area (Å²) < 4.78 is 61.0. The average molecular weight is 424 g/mol. The molecule has 0 radical (unpaired) electrons. The minimum absolute atomic E-state index is 0.223. The summed E-state index contributed by atoms with van der Waals surface area (Å²) in [5.41, 5.74) is 0.682. The summed E-state index contributed by atoms with van der Waals surface area (Å²) in [6, 6.07) is 6.93. The van der Waals surface area contributed by atoms with Crippen LogP contribution in [0.25, 0.3) is 0 Å². The first kappa shape index (κ1) is 21.8. The quantitative estimate of drug-likeness (QED) is 0.647. The van der Waals surface area contributed by atoms with E-state index in [4.69, 9.17) is 18.9 Å². The maximum Gasteiger partial charge on any atom is 0.416 e. The normalized spacial score (nSPS) is 14.8. The van der Waals surface area contributed by atoms with Gasteiger partial charge in [0.25, 0.3) is 0 Å². The van der Waals surface area contributed by atoms with E-state index in [0.29, 0.717) is 54.8 Å². The Morgan fingerprint density at radius 3 is 2.13 bits per heavy atom. The van der Waals surface area contributed by atoms with Crippen molar-refractivity contribution in [2.45, 2.75) is 6.18 Å². The standard InChI is InChI=1S/C21H23F3N2O4/c1-27-18-10-14(11-19(28-2)20(18)29-3)13-25-16-12-15(21(22,23)24)4-5-17(16)26-6-8-30-9-7-26/h4-5,10-13H,6-9H2,1-3H3. The van der Waals surface area contributed by atoms with Gasteiger partial charge < -0.3 is 23.8 Å². The van der Waals surface area contributed by atoms with E-state index in [-0.39, 0.29) is 5.69 Å². The topological polar surface area (TPSA) is 52.5 Å². The highest BCUT2D eigenvalue weighted by atomic mass is 19.4. The Morgan fingerprint density at radius 1 is 0.967 bits per heavy atom. The molecule has 0 amide bonds. The zero-order chi connectivity index (χ0) is 21.7. The maximum absolute atomic E-state index is 13.3. The van der Waals surface area contributed by atoms with E-state index in [0.717, 1.165) is 12.1 Å². The molecule has 1 saturated heterocycles. The summed E-state index contributed by atoms with van der Waals surface area (Å²) in [7, 11) is 4.47. The van der Waals surface area contributed by atoms with Gasteiger partial charge in [0.15, 0.2) is 11.5 Å². The number of methoxy groups -OCH3 is 3. The molecule has 0 bridgehead atoms. The molecule has 1 aliphatic rings. The Labute approximate surface area is 172 Å². The van der Waals surface area contributed by atoms with Crippen LogP contribution in [-0.2, 0) is 10.9 Å². The van der Waals surface area contributed by atoms with Crippen molar-refractivity contribution < 1.29 is 32.1 Å². The number of rotatable bonds is 6. The Hall–Kier alpha value is -2.94. The molecule has 0 saturated carbocycles. The van der Waals surface area contributed by atoms with Crippen LogP contribution in [0.1, 0.15) is 11.1 Å². The van der Waals surface area contributed by atoms with Crippen molar-refractivity contribution in [1.82, 2.24) is 0 Å². The fraction of sp³-hybridized carbons (Fsp3) is 0.381. The van der Waals surface area contributed by atoms with Gasteiger partial charge in [-0.25, -0.2) is 0 Å². The second kappa shape index (κ2) is 9.25. The van der Waals surface area contributed by atoms with Crippen LogP contribution in [0.4, 0.5) is 24.5 Å². The van der Waals surface area contributed by atoms with Crippen molar-refractivity contribution in [1.29, 1.82) is 0 Å². The molecule has 0 aromatic heterocycles. The lowest BCUT2D eigenvalue weighted by Gasteiger charge is -2.30. The van der Waals surface area contributed by atoms with E-state index >= 15 is 0 Å². The van der Waals surface area contributed by atoms with Gasteiger partial charge in [-0.2, -0.15) is 13.2 Å². The fourth-order valence-corrected chi connectivity index (χ4v) is 3.19. The number of halogens is 3. The third-order valence-electron chi connectivity index (χ3n) is 4.69. The number of hydrogen-bond donors (Lipinski definition) is 0. The van der Waals surface area contributed by atoms with E-state index in [1.165, 1.54) is 33.6 Å². The molecule has 0 aliphatic carbocycles. The van der Waals surface area contributed by atoms with E-state index in [1.54, 1.807) is 12.1 Å². The molecule has 3 rings (SSSR count). The number of anilines is 1. The number of morpholine rings is 1. The lowest BCUT2D eigenvalue weighted by Crippen LogP contribution is -2.36. The molecular formula is C21H23F3N2O4. The molecule has 6 nitrogen and oxygen atoms in total. The first-order valence-corrected chi connectivity index (χ1v) is 9.25. The van der Waals surface area contributed by atoms with Crippen molar-refractivity contribution in [2.24, 2.45) is 4.99 Å². The third kappa shape index (κ3) is 4.79. The molecule has 1 aliphatic heterocycles. The van der Waals surface area contributed by atoms with Crippen molar-refractivity contribution in [2.75, 3.05) is 52.5 Å². The smallest absolute Gasteiger partial charge is 0.416 e. The van der Waals surface area contributed by atoms with Crippen LogP contribution in [0.3, 0.4) is 0 Å². The van der Waals surface area contributed by atoms with Crippen LogP contribution in [0.2, 0.25) is 0 Å².